The van der Waals surface area contributed by atoms with Crippen LogP contribution in [0.4, 0.5) is 10.8 Å². The summed E-state index contributed by atoms with van der Waals surface area (Å²) >= 11 is 3.25. The molecule has 0 atom stereocenters. The van der Waals surface area contributed by atoms with Gasteiger partial charge in [0.2, 0.25) is 0 Å². The van der Waals surface area contributed by atoms with E-state index in [1.165, 1.54) is 0 Å². The number of anilines is 2. The average molecular weight is 211 g/mol. The van der Waals surface area contributed by atoms with Gasteiger partial charge >= 0.3 is 0 Å². The van der Waals surface area contributed by atoms with Gasteiger partial charge in [-0.15, -0.1) is 22.7 Å². The molecule has 13 heavy (non-hydrogen) atoms. The van der Waals surface area contributed by atoms with Crippen LogP contribution in [0, 0.1) is 0 Å². The summed E-state index contributed by atoms with van der Waals surface area (Å²) in [5.74, 6) is 0. The zero-order chi connectivity index (χ0) is 9.10. The quantitative estimate of drug-likeness (QED) is 0.819. The fraction of sp³-hybridized carbons (Fsp3) is 0.125. The maximum Gasteiger partial charge on any atom is 0.182 e. The lowest BCUT2D eigenvalue weighted by Crippen LogP contribution is -1.99. The smallest absolute Gasteiger partial charge is 0.182 e. The number of rotatable bonds is 3. The van der Waals surface area contributed by atoms with Gasteiger partial charge in [-0.05, 0) is 11.4 Å². The maximum atomic E-state index is 5.73. The average Bonchev–Trinajstić information content (AvgIpc) is 2.72. The normalized spacial score (nSPS) is 10.2. The molecule has 0 unspecified atom stereocenters. The first-order valence-electron chi connectivity index (χ1n) is 3.81. The van der Waals surface area contributed by atoms with Gasteiger partial charge in [0.1, 0.15) is 0 Å². The molecule has 0 aliphatic heterocycles. The van der Waals surface area contributed by atoms with E-state index in [4.69, 9.17) is 5.73 Å². The van der Waals surface area contributed by atoms with Crippen molar-refractivity contribution < 1.29 is 0 Å². The van der Waals surface area contributed by atoms with Gasteiger partial charge in [0.25, 0.3) is 0 Å². The van der Waals surface area contributed by atoms with E-state index >= 15 is 0 Å². The summed E-state index contributed by atoms with van der Waals surface area (Å²) in [6.45, 7) is 0.761. The molecule has 5 heteroatoms. The van der Waals surface area contributed by atoms with Crippen molar-refractivity contribution in [1.82, 2.24) is 4.98 Å². The highest BCUT2D eigenvalue weighted by atomic mass is 32.1. The number of nitrogens with two attached hydrogens (primary N) is 1. The van der Waals surface area contributed by atoms with Crippen molar-refractivity contribution in [3.05, 3.63) is 27.9 Å². The summed E-state index contributed by atoms with van der Waals surface area (Å²) in [7, 11) is 0. The molecule has 68 valence electrons. The molecule has 0 spiro atoms. The maximum absolute atomic E-state index is 5.73. The molecule has 3 N–H and O–H groups in total. The van der Waals surface area contributed by atoms with E-state index in [0.29, 0.717) is 0 Å². The predicted molar refractivity (Wildman–Crippen MR) is 58.2 cm³/mol. The molecule has 0 fully saturated rings. The van der Waals surface area contributed by atoms with Gasteiger partial charge in [0, 0.05) is 22.1 Å². The standard InChI is InChI=1S/C8H9N3S2/c9-6-1-3-12-7(6)5-11-8-10-2-4-13-8/h1-4H,5,9H2,(H,10,11). The third-order valence-electron chi connectivity index (χ3n) is 1.61. The Labute approximate surface area is 84.2 Å². The highest BCUT2D eigenvalue weighted by Gasteiger charge is 2.00. The van der Waals surface area contributed by atoms with Gasteiger partial charge in [0.15, 0.2) is 5.13 Å². The van der Waals surface area contributed by atoms with E-state index in [-0.39, 0.29) is 0 Å². The van der Waals surface area contributed by atoms with Crippen LogP contribution in [-0.2, 0) is 6.54 Å². The molecule has 3 nitrogen and oxygen atoms in total. The van der Waals surface area contributed by atoms with Crippen molar-refractivity contribution in [1.29, 1.82) is 0 Å². The number of hydrogen-bond donors (Lipinski definition) is 2. The Morgan fingerprint density at radius 2 is 2.31 bits per heavy atom. The van der Waals surface area contributed by atoms with Crippen LogP contribution in [0.5, 0.6) is 0 Å². The molecule has 2 aromatic rings. The highest BCUT2D eigenvalue weighted by Crippen LogP contribution is 2.20. The van der Waals surface area contributed by atoms with Crippen LogP contribution in [0.1, 0.15) is 4.88 Å². The first kappa shape index (κ1) is 8.52. The van der Waals surface area contributed by atoms with Gasteiger partial charge in [-0.25, -0.2) is 4.98 Å². The van der Waals surface area contributed by atoms with E-state index in [2.05, 4.69) is 10.3 Å². The lowest BCUT2D eigenvalue weighted by Gasteiger charge is -2.00. The molecule has 0 aliphatic rings. The van der Waals surface area contributed by atoms with Crippen LogP contribution in [0.25, 0.3) is 0 Å². The Morgan fingerprint density at radius 1 is 1.38 bits per heavy atom. The highest BCUT2D eigenvalue weighted by molar-refractivity contribution is 7.13. The summed E-state index contributed by atoms with van der Waals surface area (Å²) in [6, 6.07) is 1.92. The molecular weight excluding hydrogens is 202 g/mol. The Balaban J connectivity index is 1.97. The zero-order valence-corrected chi connectivity index (χ0v) is 8.49. The fourth-order valence-corrected chi connectivity index (χ4v) is 2.23. The second kappa shape index (κ2) is 3.76. The van der Waals surface area contributed by atoms with Crippen LogP contribution in [0.2, 0.25) is 0 Å². The Hall–Kier alpha value is -1.07. The van der Waals surface area contributed by atoms with Crippen molar-refractivity contribution in [3.8, 4) is 0 Å². The van der Waals surface area contributed by atoms with Crippen LogP contribution in [0.15, 0.2) is 23.0 Å². The van der Waals surface area contributed by atoms with E-state index in [9.17, 15) is 0 Å². The second-order valence-corrected chi connectivity index (χ2v) is 4.39. The molecule has 2 rings (SSSR count). The van der Waals surface area contributed by atoms with E-state index in [1.807, 2.05) is 16.8 Å². The molecule has 2 heterocycles. The van der Waals surface area contributed by atoms with Crippen LogP contribution in [0.3, 0.4) is 0 Å². The third-order valence-corrected chi connectivity index (χ3v) is 3.28. The van der Waals surface area contributed by atoms with Gasteiger partial charge in [-0.1, -0.05) is 0 Å². The van der Waals surface area contributed by atoms with Gasteiger partial charge in [-0.3, -0.25) is 0 Å². The molecular formula is C8H9N3S2. The SMILES string of the molecule is Nc1ccsc1CNc1nccs1. The molecule has 0 amide bonds. The van der Waals surface area contributed by atoms with Crippen molar-refractivity contribution >= 4 is 33.5 Å². The summed E-state index contributed by atoms with van der Waals surface area (Å²) in [4.78, 5) is 5.28. The minimum Gasteiger partial charge on any atom is -0.398 e. The minimum absolute atomic E-state index is 0.761. The number of hydrogen-bond acceptors (Lipinski definition) is 5. The zero-order valence-electron chi connectivity index (χ0n) is 6.86. The number of nitrogens with zero attached hydrogens (tertiary/aromatic N) is 1. The van der Waals surface area contributed by atoms with Crippen molar-refractivity contribution in [2.24, 2.45) is 0 Å². The lowest BCUT2D eigenvalue weighted by atomic mass is 10.4. The molecule has 0 bridgehead atoms. The fourth-order valence-electron chi connectivity index (χ4n) is 0.961. The van der Waals surface area contributed by atoms with Gasteiger partial charge in [0.05, 0.1) is 6.54 Å². The van der Waals surface area contributed by atoms with Crippen molar-refractivity contribution in [2.75, 3.05) is 11.1 Å². The predicted octanol–water partition coefficient (Wildman–Crippen LogP) is 2.40. The third kappa shape index (κ3) is 1.99. The number of nitrogen functional groups attached to an aromatic ring is 1. The minimum atomic E-state index is 0.761. The number of aromatic nitrogens is 1. The Kier molecular flexibility index (Phi) is 2.47. The number of thiophene rings is 1. The first-order valence-corrected chi connectivity index (χ1v) is 5.57. The molecule has 0 radical (unpaired) electrons. The largest absolute Gasteiger partial charge is 0.398 e. The lowest BCUT2D eigenvalue weighted by molar-refractivity contribution is 1.17. The van der Waals surface area contributed by atoms with Crippen LogP contribution >= 0.6 is 22.7 Å². The summed E-state index contributed by atoms with van der Waals surface area (Å²) in [6.07, 6.45) is 1.78. The van der Waals surface area contributed by atoms with E-state index in [1.54, 1.807) is 28.9 Å². The number of thiazole rings is 1. The topological polar surface area (TPSA) is 50.9 Å². The van der Waals surface area contributed by atoms with Crippen LogP contribution in [-0.4, -0.2) is 4.98 Å². The molecule has 2 aromatic heterocycles. The molecule has 0 aromatic carbocycles. The summed E-state index contributed by atoms with van der Waals surface area (Å²) in [5.41, 5.74) is 6.59. The van der Waals surface area contributed by atoms with Gasteiger partial charge < -0.3 is 11.1 Å². The van der Waals surface area contributed by atoms with E-state index in [0.717, 1.165) is 22.2 Å². The first-order chi connectivity index (χ1) is 6.36. The Bertz CT molecular complexity index is 366. The van der Waals surface area contributed by atoms with Crippen molar-refractivity contribution in [2.45, 2.75) is 6.54 Å². The monoisotopic (exact) mass is 211 g/mol. The molecule has 0 aliphatic carbocycles. The van der Waals surface area contributed by atoms with Crippen molar-refractivity contribution in [3.63, 3.8) is 0 Å². The molecule has 0 saturated heterocycles. The van der Waals surface area contributed by atoms with E-state index < -0.39 is 0 Å². The summed E-state index contributed by atoms with van der Waals surface area (Å²) in [5, 5.41) is 8.08. The number of nitrogens with one attached hydrogen (secondary N) is 1. The Morgan fingerprint density at radius 3 is 2.92 bits per heavy atom. The second-order valence-electron chi connectivity index (χ2n) is 2.49. The van der Waals surface area contributed by atoms with Gasteiger partial charge in [-0.2, -0.15) is 0 Å². The summed E-state index contributed by atoms with van der Waals surface area (Å²) < 4.78 is 0. The molecule has 0 saturated carbocycles. The van der Waals surface area contributed by atoms with Crippen LogP contribution < -0.4 is 11.1 Å².